The molecule has 0 aliphatic carbocycles. The van der Waals surface area contributed by atoms with E-state index in [1.54, 1.807) is 55.6 Å². The summed E-state index contributed by atoms with van der Waals surface area (Å²) in [6, 6.07) is 13.6. The number of hydrogen-bond donors (Lipinski definition) is 1. The first-order chi connectivity index (χ1) is 12.4. The fourth-order valence-corrected chi connectivity index (χ4v) is 2.44. The molecule has 2 rings (SSSR count). The molecule has 0 aromatic heterocycles. The molecule has 0 aliphatic heterocycles. The number of carboxylic acids is 1. The second-order valence-corrected chi connectivity index (χ2v) is 5.93. The van der Waals surface area contributed by atoms with Crippen LogP contribution in [0.25, 0.3) is 0 Å². The number of halogens is 1. The quantitative estimate of drug-likeness (QED) is 0.760. The van der Waals surface area contributed by atoms with Crippen LogP contribution in [-0.2, 0) is 9.59 Å². The molecule has 1 N–H and O–H groups in total. The summed E-state index contributed by atoms with van der Waals surface area (Å²) < 4.78 is 10.9. The Bertz CT molecular complexity index is 763. The van der Waals surface area contributed by atoms with E-state index < -0.39 is 18.7 Å². The molecule has 1 atom stereocenters. The largest absolute Gasteiger partial charge is 0.482 e. The molecule has 6 nitrogen and oxygen atoms in total. The Morgan fingerprint density at radius 2 is 1.81 bits per heavy atom. The highest BCUT2D eigenvalue weighted by Crippen LogP contribution is 2.26. The van der Waals surface area contributed by atoms with Gasteiger partial charge in [-0.15, -0.1) is 0 Å². The van der Waals surface area contributed by atoms with Crippen LogP contribution in [0.1, 0.15) is 13.3 Å². The highest BCUT2D eigenvalue weighted by Gasteiger charge is 2.24. The summed E-state index contributed by atoms with van der Waals surface area (Å²) in [5, 5.41) is 9.06. The van der Waals surface area contributed by atoms with Crippen molar-refractivity contribution < 1.29 is 24.2 Å². The van der Waals surface area contributed by atoms with E-state index in [1.807, 2.05) is 6.92 Å². The molecule has 1 amide bonds. The molecule has 0 saturated heterocycles. The fraction of sp³-hybridized carbons (Fsp3) is 0.263. The first-order valence-electron chi connectivity index (χ1n) is 8.05. The van der Waals surface area contributed by atoms with Gasteiger partial charge in [-0.1, -0.05) is 30.7 Å². The number of carbonyl (C=O) groups excluding carboxylic acids is 1. The van der Waals surface area contributed by atoms with Crippen molar-refractivity contribution in [3.63, 3.8) is 0 Å². The van der Waals surface area contributed by atoms with Crippen LogP contribution in [0.4, 0.5) is 5.69 Å². The average Bonchev–Trinajstić information content (AvgIpc) is 2.65. The molecular formula is C19H20ClNO5. The van der Waals surface area contributed by atoms with Crippen LogP contribution in [-0.4, -0.2) is 36.7 Å². The molecule has 7 heteroatoms. The number of ether oxygens (including phenoxy) is 2. The zero-order valence-corrected chi connectivity index (χ0v) is 15.3. The topological polar surface area (TPSA) is 76.1 Å². The van der Waals surface area contributed by atoms with Gasteiger partial charge in [0.15, 0.2) is 12.7 Å². The molecule has 0 fully saturated rings. The number of likely N-dealkylation sites (N-methyl/N-ethyl adjacent to an activating group) is 1. The second-order valence-electron chi connectivity index (χ2n) is 5.52. The molecule has 0 heterocycles. The molecule has 138 valence electrons. The average molecular weight is 378 g/mol. The molecule has 0 bridgehead atoms. The fourth-order valence-electron chi connectivity index (χ4n) is 2.26. The zero-order chi connectivity index (χ0) is 19.1. The van der Waals surface area contributed by atoms with Crippen molar-refractivity contribution in [1.82, 2.24) is 0 Å². The predicted molar refractivity (Wildman–Crippen MR) is 99.1 cm³/mol. The normalized spacial score (nSPS) is 11.5. The maximum absolute atomic E-state index is 12.7. The van der Waals surface area contributed by atoms with Crippen molar-refractivity contribution in [3.05, 3.63) is 53.6 Å². The minimum atomic E-state index is -1.05. The van der Waals surface area contributed by atoms with E-state index in [9.17, 15) is 9.59 Å². The lowest BCUT2D eigenvalue weighted by molar-refractivity contribution is -0.139. The Kier molecular flexibility index (Phi) is 6.86. The lowest BCUT2D eigenvalue weighted by Gasteiger charge is -2.24. The van der Waals surface area contributed by atoms with Gasteiger partial charge in [0.1, 0.15) is 11.5 Å². The molecule has 2 aromatic rings. The van der Waals surface area contributed by atoms with Crippen molar-refractivity contribution in [2.45, 2.75) is 19.4 Å². The molecule has 0 radical (unpaired) electrons. The summed E-state index contributed by atoms with van der Waals surface area (Å²) in [7, 11) is 1.65. The van der Waals surface area contributed by atoms with Gasteiger partial charge in [0.25, 0.3) is 5.91 Å². The molecule has 1 unspecified atom stereocenters. The van der Waals surface area contributed by atoms with Crippen molar-refractivity contribution in [2.24, 2.45) is 0 Å². The number of rotatable bonds is 8. The molecule has 0 spiro atoms. The Balaban J connectivity index is 2.06. The van der Waals surface area contributed by atoms with E-state index in [0.717, 1.165) is 0 Å². The number of hydrogen-bond acceptors (Lipinski definition) is 4. The van der Waals surface area contributed by atoms with E-state index in [-0.39, 0.29) is 5.91 Å². The Hall–Kier alpha value is -2.73. The van der Waals surface area contributed by atoms with Gasteiger partial charge in [-0.25, -0.2) is 4.79 Å². The minimum absolute atomic E-state index is 0.216. The number of carboxylic acid groups (broad SMARTS) is 1. The Labute approximate surface area is 156 Å². The highest BCUT2D eigenvalue weighted by molar-refractivity contribution is 6.32. The van der Waals surface area contributed by atoms with Crippen LogP contribution in [0.3, 0.4) is 0 Å². The maximum Gasteiger partial charge on any atom is 0.341 e. The first-order valence-corrected chi connectivity index (χ1v) is 8.43. The van der Waals surface area contributed by atoms with Crippen LogP contribution in [0.2, 0.25) is 5.02 Å². The smallest absolute Gasteiger partial charge is 0.341 e. The van der Waals surface area contributed by atoms with Gasteiger partial charge >= 0.3 is 5.97 Å². The third-order valence-electron chi connectivity index (χ3n) is 3.67. The van der Waals surface area contributed by atoms with Crippen LogP contribution in [0, 0.1) is 0 Å². The highest BCUT2D eigenvalue weighted by atomic mass is 35.5. The molecule has 26 heavy (non-hydrogen) atoms. The minimum Gasteiger partial charge on any atom is -0.482 e. The van der Waals surface area contributed by atoms with Crippen LogP contribution >= 0.6 is 11.6 Å². The van der Waals surface area contributed by atoms with E-state index in [1.165, 1.54) is 4.90 Å². The number of aliphatic carboxylic acids is 1. The lowest BCUT2D eigenvalue weighted by Crippen LogP contribution is -2.39. The molecular weight excluding hydrogens is 358 g/mol. The van der Waals surface area contributed by atoms with E-state index in [2.05, 4.69) is 0 Å². The van der Waals surface area contributed by atoms with Gasteiger partial charge < -0.3 is 19.5 Å². The second kappa shape index (κ2) is 9.10. The van der Waals surface area contributed by atoms with Crippen molar-refractivity contribution in [1.29, 1.82) is 0 Å². The van der Waals surface area contributed by atoms with Crippen molar-refractivity contribution in [3.8, 4) is 11.5 Å². The summed E-state index contributed by atoms with van der Waals surface area (Å²) in [5.41, 5.74) is 0.638. The number of anilines is 1. The van der Waals surface area contributed by atoms with E-state index in [0.29, 0.717) is 28.6 Å². The van der Waals surface area contributed by atoms with Crippen LogP contribution in [0.15, 0.2) is 48.5 Å². The summed E-state index contributed by atoms with van der Waals surface area (Å²) >= 11 is 6.09. The molecule has 2 aromatic carbocycles. The Morgan fingerprint density at radius 1 is 1.15 bits per heavy atom. The summed E-state index contributed by atoms with van der Waals surface area (Å²) in [4.78, 5) is 24.7. The van der Waals surface area contributed by atoms with E-state index in [4.69, 9.17) is 26.2 Å². The third-order valence-corrected chi connectivity index (χ3v) is 3.98. The number of carbonyl (C=O) groups is 2. The zero-order valence-electron chi connectivity index (χ0n) is 14.5. The molecule has 0 aliphatic rings. The monoisotopic (exact) mass is 377 g/mol. The maximum atomic E-state index is 12.7. The number of amides is 1. The Morgan fingerprint density at radius 3 is 2.38 bits per heavy atom. The van der Waals surface area contributed by atoms with Gasteiger partial charge in [-0.2, -0.15) is 0 Å². The number of benzene rings is 2. The summed E-state index contributed by atoms with van der Waals surface area (Å²) in [5.74, 6) is -0.396. The van der Waals surface area contributed by atoms with Gasteiger partial charge in [-0.3, -0.25) is 4.79 Å². The van der Waals surface area contributed by atoms with Gasteiger partial charge in [0, 0.05) is 12.7 Å². The van der Waals surface area contributed by atoms with E-state index >= 15 is 0 Å². The van der Waals surface area contributed by atoms with Gasteiger partial charge in [-0.05, 0) is 42.8 Å². The third kappa shape index (κ3) is 5.13. The predicted octanol–water partition coefficient (Wildman–Crippen LogP) is 3.62. The summed E-state index contributed by atoms with van der Waals surface area (Å²) in [6.45, 7) is 1.44. The number of para-hydroxylation sites is 1. The summed E-state index contributed by atoms with van der Waals surface area (Å²) in [6.07, 6.45) is -0.198. The van der Waals surface area contributed by atoms with Crippen molar-refractivity contribution >= 4 is 29.2 Å². The van der Waals surface area contributed by atoms with Crippen molar-refractivity contribution in [2.75, 3.05) is 18.6 Å². The number of nitrogens with zero attached hydrogens (tertiary/aromatic N) is 1. The van der Waals surface area contributed by atoms with Gasteiger partial charge in [0.05, 0.1) is 5.02 Å². The SMILES string of the molecule is CCC(Oc1ccccc1Cl)C(=O)N(C)c1ccc(OCC(=O)O)cc1. The van der Waals surface area contributed by atoms with Gasteiger partial charge in [0.2, 0.25) is 0 Å². The molecule has 0 saturated carbocycles. The lowest BCUT2D eigenvalue weighted by atomic mass is 10.2. The van der Waals surface area contributed by atoms with Crippen LogP contribution in [0.5, 0.6) is 11.5 Å². The first kappa shape index (κ1) is 19.6. The van der Waals surface area contributed by atoms with Crippen LogP contribution < -0.4 is 14.4 Å². The standard InChI is InChI=1S/C19H20ClNO5/c1-3-16(26-17-7-5-4-6-15(17)20)19(24)21(2)13-8-10-14(11-9-13)25-12-18(22)23/h4-11,16H,3,12H2,1-2H3,(H,22,23).